The number of pyridine rings is 1. The maximum Gasteiger partial charge on any atom is 0.147 e. The number of likely N-dealkylation sites (tertiary alicyclic amines) is 1. The maximum absolute atomic E-state index is 6.34. The maximum atomic E-state index is 6.34. The Kier molecular flexibility index (Phi) is 4.90. The highest BCUT2D eigenvalue weighted by Gasteiger charge is 2.28. The number of piperidine rings is 1. The minimum absolute atomic E-state index is 0.372. The lowest BCUT2D eigenvalue weighted by Crippen LogP contribution is -2.36. The van der Waals surface area contributed by atoms with Gasteiger partial charge in [-0.1, -0.05) is 11.6 Å². The van der Waals surface area contributed by atoms with Crippen LogP contribution < -0.4 is 4.90 Å². The van der Waals surface area contributed by atoms with Crippen molar-refractivity contribution >= 4 is 17.4 Å². The molecule has 6 nitrogen and oxygen atoms in total. The van der Waals surface area contributed by atoms with Crippen LogP contribution in [-0.2, 0) is 13.6 Å². The highest BCUT2D eigenvalue weighted by Crippen LogP contribution is 2.31. The van der Waals surface area contributed by atoms with Crippen LogP contribution >= 0.6 is 11.6 Å². The fourth-order valence-corrected chi connectivity index (χ4v) is 4.24. The van der Waals surface area contributed by atoms with E-state index in [9.17, 15) is 0 Å². The van der Waals surface area contributed by atoms with Crippen LogP contribution in [0, 0.1) is 0 Å². The standard InChI is InChI=1S/C18H25ClN6/c1-23-16(13-24-9-2-3-10-24)21-22-17(23)14-6-5-11-25(12-14)18-15(19)7-4-8-20-18/h4,7-8,14H,2-3,5-6,9-13H2,1H3/t14-/m0/s1. The minimum Gasteiger partial charge on any atom is -0.355 e. The lowest BCUT2D eigenvalue weighted by molar-refractivity contribution is 0.317. The number of nitrogens with zero attached hydrogens (tertiary/aromatic N) is 6. The molecule has 0 unspecified atom stereocenters. The molecule has 2 fully saturated rings. The van der Waals surface area contributed by atoms with Crippen molar-refractivity contribution in [2.24, 2.45) is 7.05 Å². The summed E-state index contributed by atoms with van der Waals surface area (Å²) in [5, 5.41) is 9.74. The van der Waals surface area contributed by atoms with Crippen molar-refractivity contribution in [2.45, 2.75) is 38.1 Å². The van der Waals surface area contributed by atoms with E-state index in [0.29, 0.717) is 5.92 Å². The molecule has 134 valence electrons. The van der Waals surface area contributed by atoms with Gasteiger partial charge in [0.05, 0.1) is 11.6 Å². The summed E-state index contributed by atoms with van der Waals surface area (Å²) < 4.78 is 2.20. The van der Waals surface area contributed by atoms with E-state index in [-0.39, 0.29) is 0 Å². The molecule has 0 radical (unpaired) electrons. The highest BCUT2D eigenvalue weighted by atomic mass is 35.5. The van der Waals surface area contributed by atoms with Gasteiger partial charge in [-0.25, -0.2) is 4.98 Å². The predicted octanol–water partition coefficient (Wildman–Crippen LogP) is 2.84. The van der Waals surface area contributed by atoms with Gasteiger partial charge in [0, 0.05) is 32.3 Å². The van der Waals surface area contributed by atoms with Gasteiger partial charge in [0.2, 0.25) is 0 Å². The van der Waals surface area contributed by atoms with E-state index >= 15 is 0 Å². The number of rotatable bonds is 4. The van der Waals surface area contributed by atoms with E-state index in [1.807, 2.05) is 12.1 Å². The fourth-order valence-electron chi connectivity index (χ4n) is 4.00. The molecule has 0 aliphatic carbocycles. The number of hydrogen-bond acceptors (Lipinski definition) is 5. The van der Waals surface area contributed by atoms with Gasteiger partial charge >= 0.3 is 0 Å². The zero-order valence-electron chi connectivity index (χ0n) is 14.7. The van der Waals surface area contributed by atoms with E-state index < -0.39 is 0 Å². The van der Waals surface area contributed by atoms with E-state index in [0.717, 1.165) is 55.0 Å². The van der Waals surface area contributed by atoms with Crippen LogP contribution in [0.15, 0.2) is 18.3 Å². The summed E-state index contributed by atoms with van der Waals surface area (Å²) in [6.45, 7) is 5.15. The molecule has 4 rings (SSSR count). The summed E-state index contributed by atoms with van der Waals surface area (Å²) in [6, 6.07) is 3.78. The molecule has 0 amide bonds. The molecule has 1 atom stereocenters. The highest BCUT2D eigenvalue weighted by molar-refractivity contribution is 6.32. The minimum atomic E-state index is 0.372. The van der Waals surface area contributed by atoms with Gasteiger partial charge in [0.1, 0.15) is 17.5 Å². The van der Waals surface area contributed by atoms with E-state index in [4.69, 9.17) is 11.6 Å². The molecule has 2 saturated heterocycles. The van der Waals surface area contributed by atoms with Crippen molar-refractivity contribution < 1.29 is 0 Å². The summed E-state index contributed by atoms with van der Waals surface area (Å²) in [4.78, 5) is 9.22. The first kappa shape index (κ1) is 16.8. The van der Waals surface area contributed by atoms with Gasteiger partial charge in [-0.2, -0.15) is 0 Å². The number of aromatic nitrogens is 4. The van der Waals surface area contributed by atoms with Crippen LogP contribution in [0.1, 0.15) is 43.3 Å². The van der Waals surface area contributed by atoms with Crippen LogP contribution in [0.25, 0.3) is 0 Å². The van der Waals surface area contributed by atoms with Crippen LogP contribution in [0.3, 0.4) is 0 Å². The second-order valence-corrected chi connectivity index (χ2v) is 7.52. The second kappa shape index (κ2) is 7.30. The molecule has 2 aliphatic rings. The molecule has 4 heterocycles. The average molecular weight is 361 g/mol. The second-order valence-electron chi connectivity index (χ2n) is 7.11. The molecular weight excluding hydrogens is 336 g/mol. The van der Waals surface area contributed by atoms with Gasteiger partial charge in [-0.15, -0.1) is 10.2 Å². The Morgan fingerprint density at radius 2 is 2.00 bits per heavy atom. The normalized spacial score (nSPS) is 21.8. The number of anilines is 1. The van der Waals surface area contributed by atoms with Crippen molar-refractivity contribution in [3.8, 4) is 0 Å². The summed E-state index contributed by atoms with van der Waals surface area (Å²) in [5.41, 5.74) is 0. The first-order chi connectivity index (χ1) is 12.2. The lowest BCUT2D eigenvalue weighted by Gasteiger charge is -2.33. The molecule has 0 N–H and O–H groups in total. The van der Waals surface area contributed by atoms with Crippen molar-refractivity contribution in [3.63, 3.8) is 0 Å². The Hall–Kier alpha value is -1.66. The van der Waals surface area contributed by atoms with Crippen LogP contribution in [0.2, 0.25) is 5.02 Å². The van der Waals surface area contributed by atoms with Gasteiger partial charge in [0.15, 0.2) is 0 Å². The molecule has 2 aromatic rings. The van der Waals surface area contributed by atoms with Crippen LogP contribution in [0.5, 0.6) is 0 Å². The first-order valence-corrected chi connectivity index (χ1v) is 9.56. The summed E-state index contributed by atoms with van der Waals surface area (Å²) >= 11 is 6.34. The van der Waals surface area contributed by atoms with E-state index in [1.54, 1.807) is 6.20 Å². The largest absolute Gasteiger partial charge is 0.355 e. The smallest absolute Gasteiger partial charge is 0.147 e. The molecule has 0 saturated carbocycles. The van der Waals surface area contributed by atoms with Crippen LogP contribution in [0.4, 0.5) is 5.82 Å². The van der Waals surface area contributed by atoms with Gasteiger partial charge in [0.25, 0.3) is 0 Å². The monoisotopic (exact) mass is 360 g/mol. The third-order valence-corrected chi connectivity index (χ3v) is 5.68. The molecule has 0 spiro atoms. The number of halogens is 1. The zero-order chi connectivity index (χ0) is 17.2. The van der Waals surface area contributed by atoms with Crippen molar-refractivity contribution in [1.29, 1.82) is 0 Å². The lowest BCUT2D eigenvalue weighted by atomic mass is 9.97. The SMILES string of the molecule is Cn1c(CN2CCCC2)nnc1[C@H]1CCCN(c2ncccc2Cl)C1. The third-order valence-electron chi connectivity index (χ3n) is 5.39. The molecule has 0 bridgehead atoms. The molecule has 2 aliphatic heterocycles. The van der Waals surface area contributed by atoms with Gasteiger partial charge in [-0.05, 0) is 50.9 Å². The Morgan fingerprint density at radius 3 is 2.80 bits per heavy atom. The molecular formula is C18H25ClN6. The number of hydrogen-bond donors (Lipinski definition) is 0. The van der Waals surface area contributed by atoms with E-state index in [2.05, 4.69) is 36.6 Å². The molecule has 2 aromatic heterocycles. The van der Waals surface area contributed by atoms with Crippen molar-refractivity contribution in [1.82, 2.24) is 24.6 Å². The third kappa shape index (κ3) is 3.51. The van der Waals surface area contributed by atoms with E-state index in [1.165, 1.54) is 25.9 Å². The Labute approximate surface area is 153 Å². The van der Waals surface area contributed by atoms with Crippen molar-refractivity contribution in [2.75, 3.05) is 31.1 Å². The molecule has 25 heavy (non-hydrogen) atoms. The fraction of sp³-hybridized carbons (Fsp3) is 0.611. The molecule has 0 aromatic carbocycles. The van der Waals surface area contributed by atoms with Crippen LogP contribution in [-0.4, -0.2) is 50.8 Å². The summed E-state index contributed by atoms with van der Waals surface area (Å²) in [7, 11) is 2.10. The van der Waals surface area contributed by atoms with Crippen molar-refractivity contribution in [3.05, 3.63) is 35.0 Å². The quantitative estimate of drug-likeness (QED) is 0.839. The topological polar surface area (TPSA) is 50.1 Å². The Bertz CT molecular complexity index is 724. The van der Waals surface area contributed by atoms with Gasteiger partial charge in [-0.3, -0.25) is 4.90 Å². The zero-order valence-corrected chi connectivity index (χ0v) is 15.5. The summed E-state index contributed by atoms with van der Waals surface area (Å²) in [5.74, 6) is 3.42. The Morgan fingerprint density at radius 1 is 1.16 bits per heavy atom. The summed E-state index contributed by atoms with van der Waals surface area (Å²) in [6.07, 6.45) is 6.66. The Balaban J connectivity index is 1.50. The first-order valence-electron chi connectivity index (χ1n) is 9.18. The van der Waals surface area contributed by atoms with Gasteiger partial charge < -0.3 is 9.47 Å². The average Bonchev–Trinajstić information content (AvgIpc) is 3.27. The molecule has 7 heteroatoms. The predicted molar refractivity (Wildman–Crippen MR) is 98.9 cm³/mol.